The zero-order valence-corrected chi connectivity index (χ0v) is 34.6. The van der Waals surface area contributed by atoms with Crippen LogP contribution in [-0.4, -0.2) is 78.5 Å². The van der Waals surface area contributed by atoms with Gasteiger partial charge in [-0.05, 0) is 42.5 Å². The highest BCUT2D eigenvalue weighted by atomic mass is 35.5. The van der Waals surface area contributed by atoms with Gasteiger partial charge in [-0.1, -0.05) is 6.07 Å². The molecular weight excluding hydrogens is 819 g/mol. The van der Waals surface area contributed by atoms with Gasteiger partial charge in [0.15, 0.2) is 0 Å². The average molecular weight is 866 g/mol. The van der Waals surface area contributed by atoms with Crippen molar-refractivity contribution in [1.82, 2.24) is 28.9 Å². The van der Waals surface area contributed by atoms with E-state index >= 15 is 0 Å². The number of rotatable bonds is 16. The van der Waals surface area contributed by atoms with E-state index in [1.165, 1.54) is 51.6 Å². The summed E-state index contributed by atoms with van der Waals surface area (Å²) in [6.45, 7) is 0.393. The lowest BCUT2D eigenvalue weighted by molar-refractivity contribution is 0.0938. The van der Waals surface area contributed by atoms with Gasteiger partial charge in [-0.3, -0.25) is 39.6 Å². The third-order valence-electron chi connectivity index (χ3n) is 8.73. The van der Waals surface area contributed by atoms with Gasteiger partial charge in [-0.2, -0.15) is 0 Å². The van der Waals surface area contributed by atoms with Gasteiger partial charge in [0.2, 0.25) is 0 Å². The second-order valence-corrected chi connectivity index (χ2v) is 13.4. The molecule has 0 atom stereocenters. The maximum atomic E-state index is 13.3. The molecule has 0 unspecified atom stereocenters. The van der Waals surface area contributed by atoms with Crippen LogP contribution in [0.25, 0.3) is 0 Å². The van der Waals surface area contributed by atoms with Gasteiger partial charge in [-0.15, -0.1) is 24.8 Å². The molecule has 4 heterocycles. The normalized spacial score (nSPS) is 10.3. The van der Waals surface area contributed by atoms with E-state index in [-0.39, 0.29) is 96.3 Å². The van der Waals surface area contributed by atoms with E-state index in [9.17, 15) is 28.8 Å². The number of carbonyl (C=O) groups excluding carboxylic acids is 6. The maximum absolute atomic E-state index is 13.3. The number of aryl methyl sites for hydroxylation is 4. The molecule has 5 aromatic rings. The highest BCUT2D eigenvalue weighted by Crippen LogP contribution is 2.21. The summed E-state index contributed by atoms with van der Waals surface area (Å²) in [7, 11) is 6.57. The maximum Gasteiger partial charge on any atom is 0.272 e. The largest absolute Gasteiger partial charge is 0.388 e. The van der Waals surface area contributed by atoms with Crippen LogP contribution in [0.4, 0.5) is 22.7 Å². The van der Waals surface area contributed by atoms with Gasteiger partial charge in [0, 0.05) is 90.0 Å². The Kier molecular flexibility index (Phi) is 16.0. The van der Waals surface area contributed by atoms with Crippen molar-refractivity contribution in [2.24, 2.45) is 39.7 Å². The van der Waals surface area contributed by atoms with E-state index in [0.29, 0.717) is 22.7 Å². The molecule has 60 heavy (non-hydrogen) atoms. The van der Waals surface area contributed by atoms with E-state index in [2.05, 4.69) is 31.9 Å². The van der Waals surface area contributed by atoms with E-state index < -0.39 is 35.4 Å². The second-order valence-electron chi connectivity index (χ2n) is 13.4. The zero-order valence-electron chi connectivity index (χ0n) is 33.0. The number of amidine groups is 2. The summed E-state index contributed by atoms with van der Waals surface area (Å²) in [5.74, 6) is -2.93. The Morgan fingerprint density at radius 2 is 0.767 bits per heavy atom. The summed E-state index contributed by atoms with van der Waals surface area (Å²) in [6, 6.07) is 12.0. The number of nitrogens with two attached hydrogens (primary N) is 2. The number of nitrogens with one attached hydrogen (secondary N) is 8. The van der Waals surface area contributed by atoms with Crippen molar-refractivity contribution in [1.29, 1.82) is 10.8 Å². The first kappa shape index (κ1) is 47.1. The molecular formula is C38H46Cl2N14O6. The Balaban J connectivity index is 0.00000480. The summed E-state index contributed by atoms with van der Waals surface area (Å²) in [5.41, 5.74) is 13.4. The van der Waals surface area contributed by atoms with Crippen molar-refractivity contribution in [2.75, 3.05) is 34.4 Å². The molecule has 0 aliphatic rings. The van der Waals surface area contributed by atoms with E-state index in [1.807, 2.05) is 0 Å². The summed E-state index contributed by atoms with van der Waals surface area (Å²) >= 11 is 0. The van der Waals surface area contributed by atoms with Gasteiger partial charge in [0.25, 0.3) is 35.4 Å². The van der Waals surface area contributed by atoms with Crippen molar-refractivity contribution in [2.45, 2.75) is 12.8 Å². The summed E-state index contributed by atoms with van der Waals surface area (Å²) in [4.78, 5) is 77.9. The van der Waals surface area contributed by atoms with Crippen LogP contribution < -0.4 is 43.4 Å². The van der Waals surface area contributed by atoms with Gasteiger partial charge >= 0.3 is 0 Å². The van der Waals surface area contributed by atoms with Crippen LogP contribution in [0.2, 0.25) is 0 Å². The van der Waals surface area contributed by atoms with E-state index in [4.69, 9.17) is 22.3 Å². The monoisotopic (exact) mass is 864 g/mol. The number of carbonyl (C=O) groups is 6. The first-order valence-electron chi connectivity index (χ1n) is 17.7. The number of anilines is 4. The first-order chi connectivity index (χ1) is 27.5. The fourth-order valence-electron chi connectivity index (χ4n) is 5.84. The smallest absolute Gasteiger partial charge is 0.272 e. The molecule has 318 valence electrons. The number of hydrogen-bond acceptors (Lipinski definition) is 8. The van der Waals surface area contributed by atoms with Crippen molar-refractivity contribution in [3.05, 3.63) is 107 Å². The number of aromatic nitrogens is 4. The van der Waals surface area contributed by atoms with Crippen LogP contribution in [0.15, 0.2) is 73.3 Å². The highest BCUT2D eigenvalue weighted by Gasteiger charge is 2.20. The van der Waals surface area contributed by atoms with Crippen molar-refractivity contribution in [3.63, 3.8) is 0 Å². The van der Waals surface area contributed by atoms with Crippen LogP contribution in [0.5, 0.6) is 0 Å². The van der Waals surface area contributed by atoms with Crippen LogP contribution in [0.1, 0.15) is 75.5 Å². The average Bonchev–Trinajstić information content (AvgIpc) is 3.92. The van der Waals surface area contributed by atoms with Crippen LogP contribution >= 0.6 is 24.8 Å². The number of halogens is 2. The van der Waals surface area contributed by atoms with Crippen LogP contribution in [0, 0.1) is 10.8 Å². The minimum atomic E-state index is -0.535. The number of benzene rings is 1. The number of nitrogens with zero attached hydrogens (tertiary/aromatic N) is 4. The second kappa shape index (κ2) is 20.4. The minimum Gasteiger partial charge on any atom is -0.388 e. The lowest BCUT2D eigenvalue weighted by Crippen LogP contribution is -2.28. The van der Waals surface area contributed by atoms with E-state index in [1.54, 1.807) is 68.2 Å². The fourth-order valence-corrected chi connectivity index (χ4v) is 5.84. The lowest BCUT2D eigenvalue weighted by Gasteiger charge is -2.06. The Bertz CT molecular complexity index is 2300. The standard InChI is InChI=1S/C38H44N14O6.2ClH/c1-49-19-25(13-27(49)35(55)43-10-8-31(39)40)47-37(57)29-15-23(17-51(29)3)45-33(53)21-6-5-7-22(12-21)34(54)46-24-16-30(52(4)18-24)38(58)48-26-14-28(50(2)20-26)36(56)44-11-9-32(41)42;;/h5-7,12-20H,8-11H2,1-4H3,(H3,39,40)(H3,41,42)(H,43,55)(H,44,56)(H,45,53)(H,46,54)(H,47,57)(H,48,58);2*1H. The SMILES string of the molecule is Cl.Cl.Cn1cc(NC(=O)c2cc(NC(=O)c3cccc(C(=O)Nc4cc(C(=O)Nc5cc(C(=O)NCCC(=N)N)n(C)c5)n(C)c4)c3)cn2C)cc1C(=O)NCCC(=N)N. The molecule has 0 spiro atoms. The predicted molar refractivity (Wildman–Crippen MR) is 232 cm³/mol. The van der Waals surface area contributed by atoms with Crippen LogP contribution in [-0.2, 0) is 28.2 Å². The fraction of sp³-hybridized carbons (Fsp3) is 0.211. The molecule has 0 aliphatic heterocycles. The molecule has 22 heteroatoms. The lowest BCUT2D eigenvalue weighted by atomic mass is 10.1. The third-order valence-corrected chi connectivity index (χ3v) is 8.73. The molecule has 6 amide bonds. The summed E-state index contributed by atoms with van der Waals surface area (Å²) in [5, 5.41) is 30.9. The van der Waals surface area contributed by atoms with Gasteiger partial charge in [-0.25, -0.2) is 0 Å². The predicted octanol–water partition coefficient (Wildman–Crippen LogP) is 3.01. The molecule has 0 radical (unpaired) electrons. The molecule has 4 aromatic heterocycles. The molecule has 0 aliphatic carbocycles. The molecule has 0 saturated carbocycles. The number of amides is 6. The molecule has 1 aromatic carbocycles. The van der Waals surface area contributed by atoms with Crippen LogP contribution in [0.3, 0.4) is 0 Å². The summed E-state index contributed by atoms with van der Waals surface area (Å²) < 4.78 is 6.15. The summed E-state index contributed by atoms with van der Waals surface area (Å²) in [6.07, 6.45) is 6.68. The Labute approximate surface area is 356 Å². The van der Waals surface area contributed by atoms with Gasteiger partial charge < -0.3 is 61.6 Å². The highest BCUT2D eigenvalue weighted by molar-refractivity contribution is 6.11. The Hall–Kier alpha value is -7.32. The van der Waals surface area contributed by atoms with E-state index in [0.717, 1.165) is 0 Å². The van der Waals surface area contributed by atoms with Gasteiger partial charge in [0.05, 0.1) is 34.4 Å². The quantitative estimate of drug-likeness (QED) is 0.0518. The van der Waals surface area contributed by atoms with Crippen molar-refractivity contribution >= 4 is 94.7 Å². The Morgan fingerprint density at radius 3 is 1.07 bits per heavy atom. The van der Waals surface area contributed by atoms with Crippen molar-refractivity contribution < 1.29 is 28.8 Å². The molecule has 0 bridgehead atoms. The molecule has 5 rings (SSSR count). The Morgan fingerprint density at radius 1 is 0.483 bits per heavy atom. The van der Waals surface area contributed by atoms with Crippen molar-refractivity contribution in [3.8, 4) is 0 Å². The molecule has 0 fully saturated rings. The first-order valence-corrected chi connectivity index (χ1v) is 17.7. The topological polar surface area (TPSA) is 294 Å². The minimum absolute atomic E-state index is 0. The molecule has 12 N–H and O–H groups in total. The molecule has 0 saturated heterocycles. The van der Waals surface area contributed by atoms with Gasteiger partial charge in [0.1, 0.15) is 22.8 Å². The zero-order chi connectivity index (χ0) is 42.3. The number of hydrogen-bond donors (Lipinski definition) is 10. The third kappa shape index (κ3) is 11.9. The molecule has 20 nitrogen and oxygen atoms in total.